The number of sulfonamides is 1. The van der Waals surface area contributed by atoms with E-state index in [0.29, 0.717) is 43.4 Å². The first-order valence-electron chi connectivity index (χ1n) is 11.3. The molecule has 0 spiro atoms. The molecule has 34 heavy (non-hydrogen) atoms. The largest absolute Gasteiger partial charge is 0.379 e. The first-order valence-corrected chi connectivity index (χ1v) is 12.7. The van der Waals surface area contributed by atoms with Gasteiger partial charge in [-0.25, -0.2) is 18.1 Å². The number of amides is 1. The van der Waals surface area contributed by atoms with E-state index in [-0.39, 0.29) is 10.8 Å². The highest BCUT2D eigenvalue weighted by molar-refractivity contribution is 7.89. The van der Waals surface area contributed by atoms with Crippen LogP contribution in [0.4, 0.5) is 11.4 Å². The summed E-state index contributed by atoms with van der Waals surface area (Å²) in [4.78, 5) is 19.9. The van der Waals surface area contributed by atoms with E-state index in [1.807, 2.05) is 0 Å². The average molecular weight is 483 g/mol. The van der Waals surface area contributed by atoms with Gasteiger partial charge in [0.05, 0.1) is 35.6 Å². The van der Waals surface area contributed by atoms with Crippen LogP contribution in [0.2, 0.25) is 0 Å². The van der Waals surface area contributed by atoms with Crippen LogP contribution in [-0.4, -0.2) is 72.8 Å². The molecular formula is C23H26N6O4S. The highest BCUT2D eigenvalue weighted by atomic mass is 32.2. The van der Waals surface area contributed by atoms with Crippen LogP contribution in [0.15, 0.2) is 59.9 Å². The van der Waals surface area contributed by atoms with Crippen molar-refractivity contribution in [2.24, 2.45) is 0 Å². The molecule has 0 unspecified atom stereocenters. The number of anilines is 2. The second-order valence-corrected chi connectivity index (χ2v) is 10.1. The summed E-state index contributed by atoms with van der Waals surface area (Å²) in [5.41, 5.74) is 1.57. The van der Waals surface area contributed by atoms with E-state index in [2.05, 4.69) is 20.3 Å². The Hall–Kier alpha value is -3.28. The predicted octanol–water partition coefficient (Wildman–Crippen LogP) is 2.14. The molecule has 4 heterocycles. The Bertz CT molecular complexity index is 1250. The summed E-state index contributed by atoms with van der Waals surface area (Å²) in [6.07, 6.45) is 7.07. The summed E-state index contributed by atoms with van der Waals surface area (Å²) >= 11 is 0. The second kappa shape index (κ2) is 9.53. The highest BCUT2D eigenvalue weighted by Gasteiger charge is 2.29. The van der Waals surface area contributed by atoms with Crippen LogP contribution in [0.25, 0.3) is 5.82 Å². The van der Waals surface area contributed by atoms with E-state index in [0.717, 1.165) is 31.6 Å². The number of morpholine rings is 1. The third kappa shape index (κ3) is 4.54. The van der Waals surface area contributed by atoms with Crippen molar-refractivity contribution < 1.29 is 17.9 Å². The van der Waals surface area contributed by atoms with E-state index in [9.17, 15) is 13.2 Å². The molecule has 1 amide bonds. The fourth-order valence-electron chi connectivity index (χ4n) is 4.23. The Morgan fingerprint density at radius 2 is 1.82 bits per heavy atom. The molecule has 0 atom stereocenters. The van der Waals surface area contributed by atoms with Gasteiger partial charge in [-0.3, -0.25) is 4.79 Å². The molecular weight excluding hydrogens is 456 g/mol. The quantitative estimate of drug-likeness (QED) is 0.573. The predicted molar refractivity (Wildman–Crippen MR) is 127 cm³/mol. The number of benzene rings is 1. The topological polar surface area (TPSA) is 110 Å². The van der Waals surface area contributed by atoms with Gasteiger partial charge in [0.1, 0.15) is 0 Å². The highest BCUT2D eigenvalue weighted by Crippen LogP contribution is 2.29. The smallest absolute Gasteiger partial charge is 0.257 e. The molecule has 0 bridgehead atoms. The molecule has 0 saturated carbocycles. The Balaban J connectivity index is 1.44. The first-order chi connectivity index (χ1) is 16.5. The molecule has 3 aromatic rings. The summed E-state index contributed by atoms with van der Waals surface area (Å²) in [5.74, 6) is 0.244. The van der Waals surface area contributed by atoms with Crippen molar-refractivity contribution in [1.82, 2.24) is 19.1 Å². The minimum atomic E-state index is -3.73. The monoisotopic (exact) mass is 482 g/mol. The van der Waals surface area contributed by atoms with Gasteiger partial charge in [0.2, 0.25) is 10.0 Å². The Labute approximate surface area is 198 Å². The zero-order valence-corrected chi connectivity index (χ0v) is 19.4. The van der Waals surface area contributed by atoms with E-state index < -0.39 is 10.0 Å². The van der Waals surface area contributed by atoms with Crippen LogP contribution < -0.4 is 10.2 Å². The van der Waals surface area contributed by atoms with Crippen molar-refractivity contribution in [2.75, 3.05) is 49.6 Å². The zero-order valence-electron chi connectivity index (χ0n) is 18.6. The number of ether oxygens (including phenoxy) is 1. The van der Waals surface area contributed by atoms with Crippen molar-refractivity contribution in [3.05, 3.63) is 60.6 Å². The van der Waals surface area contributed by atoms with Crippen LogP contribution in [0.1, 0.15) is 23.2 Å². The lowest BCUT2D eigenvalue weighted by atomic mass is 10.1. The lowest BCUT2D eigenvalue weighted by Gasteiger charge is -2.27. The molecule has 1 N–H and O–H groups in total. The van der Waals surface area contributed by atoms with Gasteiger partial charge >= 0.3 is 0 Å². The van der Waals surface area contributed by atoms with Gasteiger partial charge in [0.15, 0.2) is 5.82 Å². The zero-order chi connectivity index (χ0) is 23.5. The number of aromatic nitrogens is 3. The number of carbonyl (C=O) groups excluding carboxylic acids is 1. The molecule has 0 radical (unpaired) electrons. The van der Waals surface area contributed by atoms with E-state index >= 15 is 0 Å². The Morgan fingerprint density at radius 1 is 1.03 bits per heavy atom. The number of nitrogens with zero attached hydrogens (tertiary/aromatic N) is 5. The third-order valence-electron chi connectivity index (χ3n) is 6.01. The number of nitrogens with one attached hydrogen (secondary N) is 1. The van der Waals surface area contributed by atoms with Crippen LogP contribution >= 0.6 is 0 Å². The number of rotatable bonds is 6. The fourth-order valence-corrected chi connectivity index (χ4v) is 5.66. The molecule has 11 heteroatoms. The summed E-state index contributed by atoms with van der Waals surface area (Å²) in [6.45, 7) is 2.98. The van der Waals surface area contributed by atoms with Crippen molar-refractivity contribution in [2.45, 2.75) is 17.7 Å². The third-order valence-corrected chi connectivity index (χ3v) is 7.91. The molecule has 178 valence electrons. The van der Waals surface area contributed by atoms with Gasteiger partial charge in [-0.15, -0.1) is 0 Å². The summed E-state index contributed by atoms with van der Waals surface area (Å²) < 4.78 is 34.7. The van der Waals surface area contributed by atoms with Gasteiger partial charge < -0.3 is 15.0 Å². The van der Waals surface area contributed by atoms with Gasteiger partial charge in [-0.2, -0.15) is 9.40 Å². The molecule has 2 aromatic heterocycles. The van der Waals surface area contributed by atoms with Crippen LogP contribution in [-0.2, 0) is 14.8 Å². The molecule has 0 aliphatic carbocycles. The lowest BCUT2D eigenvalue weighted by Crippen LogP contribution is -2.40. The molecule has 2 aliphatic rings. The van der Waals surface area contributed by atoms with Crippen molar-refractivity contribution in [3.8, 4) is 5.82 Å². The summed E-state index contributed by atoms with van der Waals surface area (Å²) in [7, 11) is -3.73. The van der Waals surface area contributed by atoms with Crippen LogP contribution in [0.5, 0.6) is 0 Å². The number of carbonyl (C=O) groups is 1. The molecule has 2 fully saturated rings. The normalized spacial score (nSPS) is 17.1. The summed E-state index contributed by atoms with van der Waals surface area (Å²) in [6, 6.07) is 10.1. The number of pyridine rings is 1. The molecule has 1 aromatic carbocycles. The first kappa shape index (κ1) is 22.5. The Morgan fingerprint density at radius 3 is 2.50 bits per heavy atom. The van der Waals surface area contributed by atoms with Crippen LogP contribution in [0, 0.1) is 0 Å². The second-order valence-electron chi connectivity index (χ2n) is 8.20. The minimum Gasteiger partial charge on any atom is -0.379 e. The standard InChI is InChI=1S/C23H26N6O4S/c30-23(26-18-4-7-22(24-17-18)29-11-3-8-25-29)20-16-19(5-6-21(20)27-9-1-2-10-27)34(31,32)28-12-14-33-15-13-28/h3-8,11,16-17H,1-2,9-10,12-15H2,(H,26,30). The van der Waals surface area contributed by atoms with E-state index in [1.165, 1.54) is 10.4 Å². The van der Waals surface area contributed by atoms with E-state index in [1.54, 1.807) is 53.6 Å². The maximum absolute atomic E-state index is 13.3. The van der Waals surface area contributed by atoms with Crippen molar-refractivity contribution >= 4 is 27.3 Å². The van der Waals surface area contributed by atoms with Crippen molar-refractivity contribution in [3.63, 3.8) is 0 Å². The van der Waals surface area contributed by atoms with Gasteiger partial charge in [-0.1, -0.05) is 0 Å². The maximum atomic E-state index is 13.3. The number of hydrogen-bond acceptors (Lipinski definition) is 7. The average Bonchev–Trinajstić information content (AvgIpc) is 3.60. The fraction of sp³-hybridized carbons (Fsp3) is 0.348. The SMILES string of the molecule is O=C(Nc1ccc(-n2cccn2)nc1)c1cc(S(=O)(=O)N2CCOCC2)ccc1N1CCCC1. The van der Waals surface area contributed by atoms with Gasteiger partial charge in [-0.05, 0) is 49.2 Å². The maximum Gasteiger partial charge on any atom is 0.257 e. The lowest BCUT2D eigenvalue weighted by molar-refractivity contribution is 0.0730. The number of hydrogen-bond donors (Lipinski definition) is 1. The molecule has 2 aliphatic heterocycles. The summed E-state index contributed by atoms with van der Waals surface area (Å²) in [5, 5.41) is 7.01. The Kier molecular flexibility index (Phi) is 6.31. The van der Waals surface area contributed by atoms with Gasteiger partial charge in [0, 0.05) is 44.3 Å². The van der Waals surface area contributed by atoms with E-state index in [4.69, 9.17) is 4.74 Å². The minimum absolute atomic E-state index is 0.106. The van der Waals surface area contributed by atoms with Crippen molar-refractivity contribution in [1.29, 1.82) is 0 Å². The molecule has 10 nitrogen and oxygen atoms in total. The van der Waals surface area contributed by atoms with Gasteiger partial charge in [0.25, 0.3) is 5.91 Å². The molecule has 5 rings (SSSR count). The molecule has 2 saturated heterocycles. The van der Waals surface area contributed by atoms with Crippen LogP contribution in [0.3, 0.4) is 0 Å².